The maximum atomic E-state index is 13.0. The quantitative estimate of drug-likeness (QED) is 0.830. The lowest BCUT2D eigenvalue weighted by Gasteiger charge is -2.36. The Morgan fingerprint density at radius 2 is 2.24 bits per heavy atom. The zero-order chi connectivity index (χ0) is 14.4. The van der Waals surface area contributed by atoms with Crippen molar-refractivity contribution >= 4 is 5.91 Å². The Labute approximate surface area is 123 Å². The third-order valence-electron chi connectivity index (χ3n) is 5.30. The monoisotopic (exact) mass is 291 g/mol. The van der Waals surface area contributed by atoms with E-state index in [1.807, 2.05) is 4.90 Å². The largest absolute Gasteiger partial charge is 0.377 e. The molecule has 0 aromatic carbocycles. The summed E-state index contributed by atoms with van der Waals surface area (Å²) in [4.78, 5) is 19.2. The minimum atomic E-state index is -0.216. The Balaban J connectivity index is 1.55. The van der Waals surface area contributed by atoms with Crippen LogP contribution in [0.25, 0.3) is 0 Å². The summed E-state index contributed by atoms with van der Waals surface area (Å²) in [5.74, 6) is 2.94. The fourth-order valence-electron chi connectivity index (χ4n) is 4.28. The van der Waals surface area contributed by atoms with E-state index in [-0.39, 0.29) is 17.9 Å². The topological polar surface area (TPSA) is 68.5 Å². The standard InChI is InChI=1S/C15H21N3O3/c1-9-16-14(21-17-9)13-8-20-5-4-18(13)15(19)12-7-10-2-3-11(12)6-10/h10-13H,2-8H2,1H3. The smallest absolute Gasteiger partial charge is 0.251 e. The van der Waals surface area contributed by atoms with Gasteiger partial charge in [0.15, 0.2) is 5.82 Å². The van der Waals surface area contributed by atoms with Crippen molar-refractivity contribution in [3.63, 3.8) is 0 Å². The lowest BCUT2D eigenvalue weighted by Crippen LogP contribution is -2.47. The number of rotatable bonds is 2. The number of amides is 1. The van der Waals surface area contributed by atoms with E-state index in [1.165, 1.54) is 19.3 Å². The molecular weight excluding hydrogens is 270 g/mol. The molecule has 1 aliphatic heterocycles. The van der Waals surface area contributed by atoms with Gasteiger partial charge >= 0.3 is 0 Å². The van der Waals surface area contributed by atoms with Gasteiger partial charge in [0.2, 0.25) is 5.91 Å². The second kappa shape index (κ2) is 5.09. The fraction of sp³-hybridized carbons (Fsp3) is 0.800. The third-order valence-corrected chi connectivity index (χ3v) is 5.30. The van der Waals surface area contributed by atoms with Crippen LogP contribution in [0.15, 0.2) is 4.52 Å². The second-order valence-corrected chi connectivity index (χ2v) is 6.58. The van der Waals surface area contributed by atoms with Crippen LogP contribution in [-0.4, -0.2) is 40.7 Å². The molecule has 21 heavy (non-hydrogen) atoms. The number of ether oxygens (including phenoxy) is 1. The summed E-state index contributed by atoms with van der Waals surface area (Å²) in [7, 11) is 0. The summed E-state index contributed by atoms with van der Waals surface area (Å²) in [6.45, 7) is 3.46. The van der Waals surface area contributed by atoms with Gasteiger partial charge in [-0.15, -0.1) is 0 Å². The van der Waals surface area contributed by atoms with Gasteiger partial charge in [0.05, 0.1) is 13.2 Å². The van der Waals surface area contributed by atoms with Gasteiger partial charge < -0.3 is 14.2 Å². The first-order chi connectivity index (χ1) is 10.2. The van der Waals surface area contributed by atoms with Gasteiger partial charge in [0.25, 0.3) is 5.89 Å². The maximum Gasteiger partial charge on any atom is 0.251 e. The van der Waals surface area contributed by atoms with Gasteiger partial charge in [-0.3, -0.25) is 4.79 Å². The molecule has 0 spiro atoms. The molecule has 2 saturated carbocycles. The van der Waals surface area contributed by atoms with Crippen molar-refractivity contribution in [1.29, 1.82) is 0 Å². The van der Waals surface area contributed by atoms with Crippen LogP contribution in [0.4, 0.5) is 0 Å². The van der Waals surface area contributed by atoms with E-state index in [0.29, 0.717) is 37.4 Å². The molecule has 3 aliphatic rings. The zero-order valence-corrected chi connectivity index (χ0v) is 12.3. The highest BCUT2D eigenvalue weighted by molar-refractivity contribution is 5.80. The number of morpholine rings is 1. The minimum Gasteiger partial charge on any atom is -0.377 e. The van der Waals surface area contributed by atoms with Crippen LogP contribution in [0.5, 0.6) is 0 Å². The van der Waals surface area contributed by atoms with E-state index in [9.17, 15) is 4.79 Å². The first-order valence-electron chi connectivity index (χ1n) is 7.91. The van der Waals surface area contributed by atoms with Crippen molar-refractivity contribution in [3.05, 3.63) is 11.7 Å². The fourth-order valence-corrected chi connectivity index (χ4v) is 4.28. The van der Waals surface area contributed by atoms with E-state index >= 15 is 0 Å². The van der Waals surface area contributed by atoms with Crippen LogP contribution in [-0.2, 0) is 9.53 Å². The summed E-state index contributed by atoms with van der Waals surface area (Å²) < 4.78 is 10.8. The summed E-state index contributed by atoms with van der Waals surface area (Å²) in [5.41, 5.74) is 0. The van der Waals surface area contributed by atoms with Crippen LogP contribution in [0.3, 0.4) is 0 Å². The Morgan fingerprint density at radius 1 is 1.33 bits per heavy atom. The molecule has 4 rings (SSSR count). The van der Waals surface area contributed by atoms with Crippen molar-refractivity contribution in [2.75, 3.05) is 19.8 Å². The lowest BCUT2D eigenvalue weighted by atomic mass is 9.87. The molecule has 1 amide bonds. The Morgan fingerprint density at radius 3 is 2.90 bits per heavy atom. The van der Waals surface area contributed by atoms with Gasteiger partial charge in [-0.25, -0.2) is 0 Å². The van der Waals surface area contributed by atoms with Crippen molar-refractivity contribution in [2.24, 2.45) is 17.8 Å². The van der Waals surface area contributed by atoms with Gasteiger partial charge in [0.1, 0.15) is 6.04 Å². The molecule has 1 aromatic heterocycles. The van der Waals surface area contributed by atoms with Gasteiger partial charge in [-0.2, -0.15) is 4.98 Å². The van der Waals surface area contributed by atoms with E-state index in [0.717, 1.165) is 12.3 Å². The molecule has 2 bridgehead atoms. The Hall–Kier alpha value is -1.43. The molecule has 6 heteroatoms. The Bertz CT molecular complexity index is 544. The molecule has 2 heterocycles. The van der Waals surface area contributed by atoms with E-state index in [4.69, 9.17) is 9.26 Å². The maximum absolute atomic E-state index is 13.0. The molecule has 4 atom stereocenters. The number of carbonyl (C=O) groups excluding carboxylic acids is 1. The van der Waals surface area contributed by atoms with Crippen molar-refractivity contribution in [1.82, 2.24) is 15.0 Å². The molecular formula is C15H21N3O3. The first-order valence-corrected chi connectivity index (χ1v) is 7.91. The molecule has 4 unspecified atom stereocenters. The highest BCUT2D eigenvalue weighted by Crippen LogP contribution is 2.49. The van der Waals surface area contributed by atoms with Crippen LogP contribution < -0.4 is 0 Å². The number of nitrogens with zero attached hydrogens (tertiary/aromatic N) is 3. The number of aryl methyl sites for hydroxylation is 1. The Kier molecular flexibility index (Phi) is 3.21. The number of hydrogen-bond donors (Lipinski definition) is 0. The molecule has 114 valence electrons. The predicted octanol–water partition coefficient (Wildman–Crippen LogP) is 1.71. The lowest BCUT2D eigenvalue weighted by molar-refractivity contribution is -0.147. The second-order valence-electron chi connectivity index (χ2n) is 6.58. The number of hydrogen-bond acceptors (Lipinski definition) is 5. The van der Waals surface area contributed by atoms with E-state index < -0.39 is 0 Å². The van der Waals surface area contributed by atoms with E-state index in [1.54, 1.807) is 6.92 Å². The van der Waals surface area contributed by atoms with Crippen molar-refractivity contribution < 1.29 is 14.1 Å². The summed E-state index contributed by atoms with van der Waals surface area (Å²) in [5, 5.41) is 3.84. The first kappa shape index (κ1) is 13.2. The van der Waals surface area contributed by atoms with Crippen molar-refractivity contribution in [2.45, 2.75) is 38.6 Å². The summed E-state index contributed by atoms with van der Waals surface area (Å²) in [6.07, 6.45) is 4.83. The minimum absolute atomic E-state index is 0.202. The van der Waals surface area contributed by atoms with Crippen LogP contribution in [0, 0.1) is 24.7 Å². The number of carbonyl (C=O) groups is 1. The number of fused-ring (bicyclic) bond motifs is 2. The molecule has 3 fully saturated rings. The summed E-state index contributed by atoms with van der Waals surface area (Å²) in [6, 6.07) is -0.216. The average Bonchev–Trinajstić information content (AvgIpc) is 3.22. The number of aromatic nitrogens is 2. The van der Waals surface area contributed by atoms with Crippen LogP contribution in [0.2, 0.25) is 0 Å². The zero-order valence-electron chi connectivity index (χ0n) is 12.3. The van der Waals surface area contributed by atoms with Gasteiger partial charge in [0, 0.05) is 12.5 Å². The van der Waals surface area contributed by atoms with E-state index in [2.05, 4.69) is 10.1 Å². The third kappa shape index (κ3) is 2.25. The van der Waals surface area contributed by atoms with Crippen LogP contribution >= 0.6 is 0 Å². The normalized spacial score (nSPS) is 35.4. The van der Waals surface area contributed by atoms with Crippen LogP contribution in [0.1, 0.15) is 43.4 Å². The highest BCUT2D eigenvalue weighted by atomic mass is 16.5. The molecule has 6 nitrogen and oxygen atoms in total. The summed E-state index contributed by atoms with van der Waals surface area (Å²) >= 11 is 0. The molecule has 0 radical (unpaired) electrons. The molecule has 0 N–H and O–H groups in total. The average molecular weight is 291 g/mol. The van der Waals surface area contributed by atoms with Gasteiger partial charge in [-0.05, 0) is 38.0 Å². The SMILES string of the molecule is Cc1noc(C2COCCN2C(=O)C2CC3CCC2C3)n1. The van der Waals surface area contributed by atoms with Crippen molar-refractivity contribution in [3.8, 4) is 0 Å². The molecule has 1 saturated heterocycles. The molecule has 1 aromatic rings. The predicted molar refractivity (Wildman–Crippen MR) is 73.2 cm³/mol. The van der Waals surface area contributed by atoms with Gasteiger partial charge in [-0.1, -0.05) is 11.6 Å². The highest BCUT2D eigenvalue weighted by Gasteiger charge is 2.46. The molecule has 2 aliphatic carbocycles.